The van der Waals surface area contributed by atoms with Gasteiger partial charge in [-0.15, -0.1) is 0 Å². The van der Waals surface area contributed by atoms with Crippen molar-refractivity contribution in [1.82, 2.24) is 29.5 Å². The van der Waals surface area contributed by atoms with E-state index in [1.54, 1.807) is 4.68 Å². The first-order chi connectivity index (χ1) is 16.9. The fraction of sp³-hybridized carbons (Fsp3) is 0.462. The highest BCUT2D eigenvalue weighted by atomic mass is 16.1. The summed E-state index contributed by atoms with van der Waals surface area (Å²) in [4.78, 5) is 25.0. The number of aryl methyl sites for hydroxylation is 4. The van der Waals surface area contributed by atoms with Gasteiger partial charge in [0.1, 0.15) is 5.52 Å². The molecule has 4 aromatic rings. The minimum atomic E-state index is -0.198. The average Bonchev–Trinajstić information content (AvgIpc) is 3.39. The van der Waals surface area contributed by atoms with Crippen LogP contribution in [0.2, 0.25) is 0 Å². The molecule has 1 aliphatic carbocycles. The largest absolute Gasteiger partial charge is 0.371 e. The maximum absolute atomic E-state index is 13.5. The number of amides is 1. The van der Waals surface area contributed by atoms with E-state index in [4.69, 9.17) is 5.10 Å². The smallest absolute Gasteiger partial charge is 0.259 e. The van der Waals surface area contributed by atoms with Crippen molar-refractivity contribution in [2.24, 2.45) is 7.05 Å². The van der Waals surface area contributed by atoms with E-state index in [1.165, 1.54) is 12.8 Å². The van der Waals surface area contributed by atoms with Gasteiger partial charge in [0.25, 0.3) is 5.91 Å². The van der Waals surface area contributed by atoms with Gasteiger partial charge in [0.2, 0.25) is 0 Å². The van der Waals surface area contributed by atoms with Crippen LogP contribution in [0.25, 0.3) is 16.6 Å². The lowest BCUT2D eigenvalue weighted by molar-refractivity contribution is 0.102. The molecule has 1 aromatic carbocycles. The number of nitrogens with zero attached hydrogens (tertiary/aromatic N) is 6. The number of nitrogens with one attached hydrogen (secondary N) is 2. The third kappa shape index (κ3) is 4.14. The molecule has 9 heteroatoms. The molecule has 0 bridgehead atoms. The summed E-state index contributed by atoms with van der Waals surface area (Å²) < 4.78 is 3.70. The van der Waals surface area contributed by atoms with Crippen molar-refractivity contribution in [2.45, 2.75) is 58.5 Å². The summed E-state index contributed by atoms with van der Waals surface area (Å²) in [6, 6.07) is 3.50. The van der Waals surface area contributed by atoms with E-state index in [-0.39, 0.29) is 5.91 Å². The lowest BCUT2D eigenvalue weighted by atomic mass is 9.99. The third-order valence-electron chi connectivity index (χ3n) is 7.17. The number of rotatable bonds is 5. The first kappa shape index (κ1) is 22.0. The molecule has 1 aliphatic heterocycles. The third-order valence-corrected chi connectivity index (χ3v) is 7.17. The fourth-order valence-corrected chi connectivity index (χ4v) is 5.36. The van der Waals surface area contributed by atoms with Crippen LogP contribution in [0, 0.1) is 20.8 Å². The molecule has 2 N–H and O–H groups in total. The first-order valence-electron chi connectivity index (χ1n) is 12.5. The average molecular weight is 473 g/mol. The van der Waals surface area contributed by atoms with Gasteiger partial charge in [-0.3, -0.25) is 14.5 Å². The Morgan fingerprint density at radius 3 is 2.49 bits per heavy atom. The van der Waals surface area contributed by atoms with Gasteiger partial charge in [-0.1, -0.05) is 0 Å². The molecule has 9 nitrogen and oxygen atoms in total. The fourth-order valence-electron chi connectivity index (χ4n) is 5.36. The summed E-state index contributed by atoms with van der Waals surface area (Å²) in [6.07, 6.45) is 10.7. The molecule has 2 fully saturated rings. The lowest BCUT2D eigenvalue weighted by Gasteiger charge is -2.34. The van der Waals surface area contributed by atoms with Gasteiger partial charge < -0.3 is 19.9 Å². The van der Waals surface area contributed by atoms with Gasteiger partial charge >= 0.3 is 0 Å². The quantitative estimate of drug-likeness (QED) is 0.462. The highest BCUT2D eigenvalue weighted by molar-refractivity contribution is 6.14. The lowest BCUT2D eigenvalue weighted by Crippen LogP contribution is -2.43. The van der Waals surface area contributed by atoms with E-state index in [0.29, 0.717) is 17.4 Å². The van der Waals surface area contributed by atoms with Crippen LogP contribution in [0.3, 0.4) is 0 Å². The number of hydrogen-bond acceptors (Lipinski definition) is 6. The molecule has 1 saturated heterocycles. The first-order valence-corrected chi connectivity index (χ1v) is 12.5. The van der Waals surface area contributed by atoms with Crippen molar-refractivity contribution in [1.29, 1.82) is 0 Å². The number of hydrogen-bond donors (Lipinski definition) is 2. The van der Waals surface area contributed by atoms with Crippen LogP contribution in [0.15, 0.2) is 24.7 Å². The molecular weight excluding hydrogens is 440 g/mol. The molecule has 2 aliphatic rings. The molecule has 4 heterocycles. The molecule has 0 unspecified atom stereocenters. The van der Waals surface area contributed by atoms with Crippen LogP contribution in [0.1, 0.15) is 53.0 Å². The molecule has 1 amide bonds. The summed E-state index contributed by atoms with van der Waals surface area (Å²) >= 11 is 0. The van der Waals surface area contributed by atoms with E-state index >= 15 is 0 Å². The minimum absolute atomic E-state index is 0.198. The number of aromatic nitrogens is 5. The number of imidazole rings is 1. The van der Waals surface area contributed by atoms with E-state index in [9.17, 15) is 4.79 Å². The molecule has 0 spiro atoms. The van der Waals surface area contributed by atoms with Gasteiger partial charge in [-0.05, 0) is 58.1 Å². The summed E-state index contributed by atoms with van der Waals surface area (Å²) in [5, 5.41) is 12.5. The van der Waals surface area contributed by atoms with Gasteiger partial charge in [-0.2, -0.15) is 5.10 Å². The van der Waals surface area contributed by atoms with Crippen LogP contribution < -0.4 is 15.5 Å². The second-order valence-electron chi connectivity index (χ2n) is 10.1. The Bertz CT molecular complexity index is 1440. The minimum Gasteiger partial charge on any atom is -0.371 e. The van der Waals surface area contributed by atoms with Crippen molar-refractivity contribution in [3.05, 3.63) is 47.2 Å². The summed E-state index contributed by atoms with van der Waals surface area (Å²) in [7, 11) is 1.91. The maximum atomic E-state index is 13.5. The van der Waals surface area contributed by atoms with E-state index in [2.05, 4.69) is 31.6 Å². The van der Waals surface area contributed by atoms with Gasteiger partial charge in [0.05, 0.1) is 23.1 Å². The molecule has 35 heavy (non-hydrogen) atoms. The molecule has 182 valence electrons. The standard InChI is InChI=1S/C26H32N8O/c1-15-11-21(33-9-7-19(8-10-33)28-18-5-6-18)20-13-32(4)31-24(20)23(15)26(35)30-22-14-34-12-16(2)27-17(3)25(34)29-22/h11-14,18-19,28H,5-10H2,1-4H3,(H,30,35). The highest BCUT2D eigenvalue weighted by Crippen LogP contribution is 2.34. The van der Waals surface area contributed by atoms with Crippen molar-refractivity contribution >= 4 is 34.0 Å². The summed E-state index contributed by atoms with van der Waals surface area (Å²) in [5.41, 5.74) is 5.87. The second-order valence-corrected chi connectivity index (χ2v) is 10.1. The van der Waals surface area contributed by atoms with E-state index in [0.717, 1.165) is 71.2 Å². The number of piperidine rings is 1. The van der Waals surface area contributed by atoms with Crippen LogP contribution in [0.4, 0.5) is 11.5 Å². The maximum Gasteiger partial charge on any atom is 0.259 e. The van der Waals surface area contributed by atoms with Gasteiger partial charge in [-0.25, -0.2) is 4.98 Å². The molecule has 6 rings (SSSR count). The Morgan fingerprint density at radius 2 is 1.74 bits per heavy atom. The second kappa shape index (κ2) is 8.34. The number of anilines is 2. The van der Waals surface area contributed by atoms with Crippen LogP contribution in [-0.2, 0) is 7.05 Å². The molecule has 0 atom stereocenters. The zero-order valence-corrected chi connectivity index (χ0v) is 20.8. The van der Waals surface area contributed by atoms with Crippen LogP contribution >= 0.6 is 0 Å². The van der Waals surface area contributed by atoms with Crippen molar-refractivity contribution in [3.63, 3.8) is 0 Å². The predicted molar refractivity (Wildman–Crippen MR) is 137 cm³/mol. The monoisotopic (exact) mass is 472 g/mol. The number of carbonyl (C=O) groups excluding carboxylic acids is 1. The SMILES string of the molecule is Cc1cn2cc(NC(=O)c3c(C)cc(N4CCC(NC5CC5)CC4)c4cn(C)nc34)nc2c(C)n1. The summed E-state index contributed by atoms with van der Waals surface area (Å²) in [5.74, 6) is 0.305. The molecule has 0 radical (unpaired) electrons. The topological polar surface area (TPSA) is 92.4 Å². The van der Waals surface area contributed by atoms with Gasteiger partial charge in [0.15, 0.2) is 11.5 Å². The molecule has 3 aromatic heterocycles. The molecule has 1 saturated carbocycles. The van der Waals surface area contributed by atoms with E-state index < -0.39 is 0 Å². The normalized spacial score (nSPS) is 17.0. The van der Waals surface area contributed by atoms with Crippen molar-refractivity contribution in [2.75, 3.05) is 23.3 Å². The van der Waals surface area contributed by atoms with E-state index in [1.807, 2.05) is 50.8 Å². The molecular formula is C26H32N8O. The Kier molecular flexibility index (Phi) is 5.25. The zero-order chi connectivity index (χ0) is 24.3. The zero-order valence-electron chi connectivity index (χ0n) is 20.8. The predicted octanol–water partition coefficient (Wildman–Crippen LogP) is 3.51. The van der Waals surface area contributed by atoms with Crippen LogP contribution in [0.5, 0.6) is 0 Å². The Morgan fingerprint density at radius 1 is 1.00 bits per heavy atom. The Balaban J connectivity index is 1.29. The van der Waals surface area contributed by atoms with Crippen molar-refractivity contribution in [3.8, 4) is 0 Å². The Hall–Kier alpha value is -3.46. The number of fused-ring (bicyclic) bond motifs is 2. The number of carbonyl (C=O) groups is 1. The van der Waals surface area contributed by atoms with Crippen LogP contribution in [-0.4, -0.2) is 55.2 Å². The summed E-state index contributed by atoms with van der Waals surface area (Å²) in [6.45, 7) is 7.88. The van der Waals surface area contributed by atoms with Crippen molar-refractivity contribution < 1.29 is 4.79 Å². The Labute approximate surface area is 204 Å². The van der Waals surface area contributed by atoms with Gasteiger partial charge in [0, 0.05) is 55.7 Å². The highest BCUT2D eigenvalue weighted by Gasteiger charge is 2.29. The number of benzene rings is 1.